The van der Waals surface area contributed by atoms with E-state index >= 15 is 4.39 Å². The third kappa shape index (κ3) is 6.72. The van der Waals surface area contributed by atoms with Crippen molar-refractivity contribution in [3.63, 3.8) is 0 Å². The Hall–Kier alpha value is -6.88. The monoisotopic (exact) mass is 777 g/mol. The molecule has 1 unspecified atom stereocenters. The van der Waals surface area contributed by atoms with E-state index in [-0.39, 0.29) is 48.8 Å². The van der Waals surface area contributed by atoms with Crippen molar-refractivity contribution in [3.8, 4) is 17.0 Å². The van der Waals surface area contributed by atoms with Crippen LogP contribution >= 0.6 is 0 Å². The van der Waals surface area contributed by atoms with Gasteiger partial charge in [-0.05, 0) is 59.3 Å². The molecule has 4 aromatic carbocycles. The number of aryl methyl sites for hydroxylation is 1. The number of halogens is 1. The van der Waals surface area contributed by atoms with E-state index in [0.29, 0.717) is 37.8 Å². The van der Waals surface area contributed by atoms with Gasteiger partial charge in [-0.25, -0.2) is 23.2 Å². The summed E-state index contributed by atoms with van der Waals surface area (Å²) in [6.07, 6.45) is 0.337. The number of nitrogens with one attached hydrogen (secondary N) is 3. The number of hydrogen-bond donors (Lipinski definition) is 3. The number of anilines is 2. The number of benzene rings is 4. The van der Waals surface area contributed by atoms with Gasteiger partial charge in [-0.2, -0.15) is 8.42 Å². The van der Waals surface area contributed by atoms with Gasteiger partial charge in [0.1, 0.15) is 30.6 Å². The highest BCUT2D eigenvalue weighted by atomic mass is 32.2. The summed E-state index contributed by atoms with van der Waals surface area (Å²) in [5, 5.41) is 5.48. The number of ether oxygens (including phenoxy) is 1. The van der Waals surface area contributed by atoms with E-state index in [0.717, 1.165) is 11.1 Å². The number of imidazole rings is 1. The molecule has 2 aliphatic heterocycles. The summed E-state index contributed by atoms with van der Waals surface area (Å²) in [5.74, 6) is -3.09. The van der Waals surface area contributed by atoms with Crippen LogP contribution in [0.3, 0.4) is 0 Å². The Morgan fingerprint density at radius 3 is 2.43 bits per heavy atom. The smallest absolute Gasteiger partial charge is 0.330 e. The third-order valence-electron chi connectivity index (χ3n) is 9.67. The van der Waals surface area contributed by atoms with Crippen molar-refractivity contribution in [2.75, 3.05) is 16.2 Å². The molecular formula is C39H32FN7O8S. The lowest BCUT2D eigenvalue weighted by Gasteiger charge is -2.21. The molecule has 4 amide bonds. The second-order valence-electron chi connectivity index (χ2n) is 13.4. The summed E-state index contributed by atoms with van der Waals surface area (Å²) in [5.41, 5.74) is 3.08. The van der Waals surface area contributed by atoms with Crippen LogP contribution in [0.4, 0.5) is 15.8 Å². The van der Waals surface area contributed by atoms with E-state index in [1.54, 1.807) is 73.8 Å². The highest BCUT2D eigenvalue weighted by Crippen LogP contribution is 2.40. The molecule has 2 aliphatic rings. The fourth-order valence-electron chi connectivity index (χ4n) is 6.93. The molecule has 3 N–H and O–H groups in total. The first kappa shape index (κ1) is 36.1. The van der Waals surface area contributed by atoms with E-state index in [4.69, 9.17) is 4.74 Å². The van der Waals surface area contributed by atoms with E-state index in [9.17, 15) is 32.4 Å². The van der Waals surface area contributed by atoms with Gasteiger partial charge in [-0.3, -0.25) is 33.6 Å². The molecule has 4 heterocycles. The summed E-state index contributed by atoms with van der Waals surface area (Å²) in [6.45, 7) is -0.624. The number of carbonyl (C=O) groups excluding carboxylic acids is 4. The Labute approximate surface area is 317 Å². The average Bonchev–Trinajstić information content (AvgIpc) is 3.59. The molecule has 0 bridgehead atoms. The van der Waals surface area contributed by atoms with Crippen LogP contribution in [0.2, 0.25) is 0 Å². The summed E-state index contributed by atoms with van der Waals surface area (Å²) in [6, 6.07) is 24.7. The number of pyridine rings is 1. The molecular weight excluding hydrogens is 746 g/mol. The van der Waals surface area contributed by atoms with E-state index in [1.165, 1.54) is 27.3 Å². The van der Waals surface area contributed by atoms with Gasteiger partial charge in [-0.15, -0.1) is 0 Å². The fraction of sp³-hybridized carbons (Fsp3) is 0.179. The van der Waals surface area contributed by atoms with E-state index in [2.05, 4.69) is 15.6 Å². The topological polar surface area (TPSA) is 191 Å². The van der Waals surface area contributed by atoms with Crippen LogP contribution in [0.1, 0.15) is 30.0 Å². The maximum absolute atomic E-state index is 16.2. The second kappa shape index (κ2) is 14.1. The molecule has 56 heavy (non-hydrogen) atoms. The fourth-order valence-corrected chi connectivity index (χ4v) is 8.09. The Balaban J connectivity index is 1.00. The Bertz CT molecular complexity index is 2790. The minimum Gasteiger partial charge on any atom is -0.487 e. The molecule has 15 nitrogen and oxygen atoms in total. The largest absolute Gasteiger partial charge is 0.487 e. The number of piperidine rings is 1. The summed E-state index contributed by atoms with van der Waals surface area (Å²) < 4.78 is 52.8. The molecule has 2 saturated heterocycles. The first-order valence-electron chi connectivity index (χ1n) is 17.4. The molecule has 0 saturated carbocycles. The Morgan fingerprint density at radius 1 is 0.946 bits per heavy atom. The number of carbonyl (C=O) groups is 4. The molecule has 17 heteroatoms. The molecule has 1 atom stereocenters. The maximum atomic E-state index is 16.2. The highest BCUT2D eigenvalue weighted by Gasteiger charge is 2.38. The zero-order valence-electron chi connectivity index (χ0n) is 29.6. The summed E-state index contributed by atoms with van der Waals surface area (Å²) >= 11 is 0. The van der Waals surface area contributed by atoms with Crippen LogP contribution in [0.25, 0.3) is 33.2 Å². The lowest BCUT2D eigenvalue weighted by atomic mass is 10.0. The van der Waals surface area contributed by atoms with Crippen LogP contribution in [0.15, 0.2) is 95.8 Å². The van der Waals surface area contributed by atoms with Crippen LogP contribution in [0, 0.1) is 5.82 Å². The predicted octanol–water partition coefficient (Wildman–Crippen LogP) is 3.61. The van der Waals surface area contributed by atoms with Crippen molar-refractivity contribution in [1.82, 2.24) is 24.2 Å². The SMILES string of the molecule is Cn1c(=O)n(C2CCC(=O)NC2=O)c2ccc(-c3ccc(CC(=O)Nc4ccc5c(F)c(N6CC(=O)NS6(=O)=O)c(OCc6ccccc6)cc5c4)cc3)nc21. The van der Waals surface area contributed by atoms with Crippen LogP contribution < -0.4 is 30.1 Å². The number of nitrogens with zero attached hydrogens (tertiary/aromatic N) is 4. The lowest BCUT2D eigenvalue weighted by molar-refractivity contribution is -0.135. The molecule has 0 spiro atoms. The number of aromatic nitrogens is 3. The van der Waals surface area contributed by atoms with Gasteiger partial charge < -0.3 is 10.1 Å². The van der Waals surface area contributed by atoms with Crippen molar-refractivity contribution >= 4 is 67.1 Å². The van der Waals surface area contributed by atoms with Crippen LogP contribution in [-0.4, -0.2) is 52.7 Å². The molecule has 0 aliphatic carbocycles. The number of rotatable bonds is 9. The third-order valence-corrected chi connectivity index (χ3v) is 11.0. The van der Waals surface area contributed by atoms with Crippen molar-refractivity contribution in [3.05, 3.63) is 118 Å². The molecule has 2 fully saturated rings. The first-order chi connectivity index (χ1) is 26.9. The van der Waals surface area contributed by atoms with Gasteiger partial charge in [-0.1, -0.05) is 54.6 Å². The maximum Gasteiger partial charge on any atom is 0.330 e. The van der Waals surface area contributed by atoms with Gasteiger partial charge in [0.05, 0.1) is 17.6 Å². The first-order valence-corrected chi connectivity index (χ1v) is 18.9. The van der Waals surface area contributed by atoms with Crippen molar-refractivity contribution < 1.29 is 36.7 Å². The summed E-state index contributed by atoms with van der Waals surface area (Å²) in [7, 11) is -2.79. The van der Waals surface area contributed by atoms with Crippen molar-refractivity contribution in [1.29, 1.82) is 0 Å². The zero-order chi connectivity index (χ0) is 39.3. The van der Waals surface area contributed by atoms with E-state index in [1.807, 2.05) is 10.8 Å². The van der Waals surface area contributed by atoms with Crippen LogP contribution in [-0.2, 0) is 49.5 Å². The molecule has 0 radical (unpaired) electrons. The Morgan fingerprint density at radius 2 is 1.71 bits per heavy atom. The second-order valence-corrected chi connectivity index (χ2v) is 15.0. The van der Waals surface area contributed by atoms with Gasteiger partial charge >= 0.3 is 15.9 Å². The molecule has 8 rings (SSSR count). The molecule has 6 aromatic rings. The van der Waals surface area contributed by atoms with Gasteiger partial charge in [0, 0.05) is 30.1 Å². The number of imide groups is 1. The van der Waals surface area contributed by atoms with Gasteiger partial charge in [0.15, 0.2) is 11.5 Å². The standard InChI is InChI=1S/C39H32FN7O8S/c1-45-37-29(47(39(45)52)30-15-16-32(48)43-38(30)51)14-13-28(42-37)24-9-7-22(8-10-24)17-33(49)41-26-11-12-27-25(18-26)19-31(55-21-23-5-3-2-4-6-23)36(35(27)40)46-20-34(50)44-56(46,53)54/h2-14,18-19,30H,15-17,20-21H2,1H3,(H,41,49)(H,44,50)(H,43,48,51). The van der Waals surface area contributed by atoms with Crippen molar-refractivity contribution in [2.24, 2.45) is 7.05 Å². The Kier molecular flexibility index (Phi) is 9.08. The minimum atomic E-state index is -4.36. The highest BCUT2D eigenvalue weighted by molar-refractivity contribution is 7.92. The lowest BCUT2D eigenvalue weighted by Crippen LogP contribution is -2.44. The summed E-state index contributed by atoms with van der Waals surface area (Å²) in [4.78, 5) is 67.2. The van der Waals surface area contributed by atoms with Gasteiger partial charge in [0.25, 0.3) is 5.91 Å². The number of hydrogen-bond acceptors (Lipinski definition) is 9. The van der Waals surface area contributed by atoms with Crippen molar-refractivity contribution in [2.45, 2.75) is 31.9 Å². The average molecular weight is 778 g/mol. The molecule has 2 aromatic heterocycles. The van der Waals surface area contributed by atoms with Crippen LogP contribution in [0.5, 0.6) is 5.75 Å². The predicted molar refractivity (Wildman–Crippen MR) is 203 cm³/mol. The quantitative estimate of drug-likeness (QED) is 0.184. The minimum absolute atomic E-state index is 0.000667. The van der Waals surface area contributed by atoms with Gasteiger partial charge in [0.2, 0.25) is 17.7 Å². The zero-order valence-corrected chi connectivity index (χ0v) is 30.4. The van der Waals surface area contributed by atoms with E-state index < -0.39 is 51.8 Å². The number of fused-ring (bicyclic) bond motifs is 2. The normalized spacial score (nSPS) is 16.6. The number of amides is 4. The molecule has 284 valence electrons.